The van der Waals surface area contributed by atoms with E-state index in [2.05, 4.69) is 49.4 Å². The van der Waals surface area contributed by atoms with E-state index in [9.17, 15) is 4.79 Å². The van der Waals surface area contributed by atoms with E-state index in [1.165, 1.54) is 30.5 Å². The van der Waals surface area contributed by atoms with Gasteiger partial charge in [0, 0.05) is 31.0 Å². The number of thiophene rings is 1. The average Bonchev–Trinajstić information content (AvgIpc) is 3.17. The third-order valence-electron chi connectivity index (χ3n) is 4.85. The fraction of sp³-hybridized carbons (Fsp3) is 0.450. The number of hydrogen-bond donors (Lipinski definition) is 2. The van der Waals surface area contributed by atoms with Crippen molar-refractivity contribution in [3.63, 3.8) is 0 Å². The largest absolute Gasteiger partial charge is 0.372 e. The van der Waals surface area contributed by atoms with Crippen molar-refractivity contribution in [2.45, 2.75) is 25.3 Å². The molecule has 1 fully saturated rings. The van der Waals surface area contributed by atoms with Crippen LogP contribution in [0.15, 0.2) is 41.1 Å². The second-order valence-electron chi connectivity index (χ2n) is 6.97. The van der Waals surface area contributed by atoms with Gasteiger partial charge in [-0.25, -0.2) is 4.79 Å². The predicted molar refractivity (Wildman–Crippen MR) is 110 cm³/mol. The SMILES string of the molecule is CN(C)C(CNC(=O)Nc1ccc(N2CCCCC2)cc1)c1ccsc1. The number of likely N-dealkylation sites (N-methyl/N-ethyl adjacent to an activating group) is 1. The Hall–Kier alpha value is -2.05. The molecule has 0 spiro atoms. The first-order chi connectivity index (χ1) is 12.6. The van der Waals surface area contributed by atoms with Crippen LogP contribution in [0, 0.1) is 0 Å². The highest BCUT2D eigenvalue weighted by atomic mass is 32.1. The monoisotopic (exact) mass is 372 g/mol. The van der Waals surface area contributed by atoms with Gasteiger partial charge < -0.3 is 20.4 Å². The zero-order valence-corrected chi connectivity index (χ0v) is 16.4. The molecule has 0 aliphatic carbocycles. The average molecular weight is 373 g/mol. The highest BCUT2D eigenvalue weighted by Gasteiger charge is 2.16. The molecule has 6 heteroatoms. The fourth-order valence-corrected chi connectivity index (χ4v) is 4.04. The number of nitrogens with one attached hydrogen (secondary N) is 2. The number of urea groups is 1. The first-order valence-corrected chi connectivity index (χ1v) is 10.2. The molecule has 2 N–H and O–H groups in total. The first kappa shape index (κ1) is 18.7. The van der Waals surface area contributed by atoms with Crippen molar-refractivity contribution in [2.24, 2.45) is 0 Å². The molecule has 0 saturated carbocycles. The van der Waals surface area contributed by atoms with Crippen LogP contribution in [0.25, 0.3) is 0 Å². The zero-order chi connectivity index (χ0) is 18.4. The van der Waals surface area contributed by atoms with E-state index in [1.807, 2.05) is 26.2 Å². The Bertz CT molecular complexity index is 678. The van der Waals surface area contributed by atoms with Crippen molar-refractivity contribution >= 4 is 28.7 Å². The van der Waals surface area contributed by atoms with Crippen LogP contribution < -0.4 is 15.5 Å². The predicted octanol–water partition coefficient (Wildman–Crippen LogP) is 4.16. The molecule has 0 bridgehead atoms. The summed E-state index contributed by atoms with van der Waals surface area (Å²) in [5.74, 6) is 0. The Morgan fingerprint density at radius 1 is 1.15 bits per heavy atom. The van der Waals surface area contributed by atoms with Gasteiger partial charge in [-0.05, 0) is 80.0 Å². The normalized spacial score (nSPS) is 15.7. The Kier molecular flexibility index (Phi) is 6.52. The lowest BCUT2D eigenvalue weighted by Gasteiger charge is -2.28. The standard InChI is InChI=1S/C20H28N4OS/c1-23(2)19(16-10-13-26-15-16)14-21-20(25)22-17-6-8-18(9-7-17)24-11-4-3-5-12-24/h6-10,13,15,19H,3-5,11-12,14H2,1-2H3,(H2,21,22,25). The van der Waals surface area contributed by atoms with Gasteiger partial charge in [0.15, 0.2) is 0 Å². The molecule has 5 nitrogen and oxygen atoms in total. The first-order valence-electron chi connectivity index (χ1n) is 9.22. The van der Waals surface area contributed by atoms with E-state index in [1.54, 1.807) is 11.3 Å². The van der Waals surface area contributed by atoms with Crippen molar-refractivity contribution in [2.75, 3.05) is 43.9 Å². The van der Waals surface area contributed by atoms with Gasteiger partial charge in [-0.1, -0.05) is 0 Å². The van der Waals surface area contributed by atoms with Crippen molar-refractivity contribution in [1.82, 2.24) is 10.2 Å². The molecular formula is C20H28N4OS. The van der Waals surface area contributed by atoms with Crippen LogP contribution in [0.3, 0.4) is 0 Å². The number of benzene rings is 1. The van der Waals surface area contributed by atoms with E-state index in [0.717, 1.165) is 18.8 Å². The van der Waals surface area contributed by atoms with Gasteiger partial charge in [0.25, 0.3) is 0 Å². The summed E-state index contributed by atoms with van der Waals surface area (Å²) in [5, 5.41) is 10.1. The third kappa shape index (κ3) is 4.99. The lowest BCUT2D eigenvalue weighted by atomic mass is 10.1. The maximum Gasteiger partial charge on any atom is 0.319 e. The number of hydrogen-bond acceptors (Lipinski definition) is 4. The lowest BCUT2D eigenvalue weighted by Crippen LogP contribution is -2.36. The van der Waals surface area contributed by atoms with Crippen molar-refractivity contribution in [3.8, 4) is 0 Å². The molecule has 0 radical (unpaired) electrons. The summed E-state index contributed by atoms with van der Waals surface area (Å²) in [4.78, 5) is 16.8. The lowest BCUT2D eigenvalue weighted by molar-refractivity contribution is 0.243. The van der Waals surface area contributed by atoms with Crippen LogP contribution in [-0.2, 0) is 0 Å². The van der Waals surface area contributed by atoms with Gasteiger partial charge in [0.1, 0.15) is 0 Å². The van der Waals surface area contributed by atoms with Gasteiger partial charge >= 0.3 is 6.03 Å². The van der Waals surface area contributed by atoms with E-state index >= 15 is 0 Å². The molecule has 1 saturated heterocycles. The van der Waals surface area contributed by atoms with Crippen LogP contribution in [-0.4, -0.2) is 44.7 Å². The van der Waals surface area contributed by atoms with Crippen molar-refractivity contribution in [1.29, 1.82) is 0 Å². The number of rotatable bonds is 6. The van der Waals surface area contributed by atoms with E-state index in [-0.39, 0.29) is 12.1 Å². The summed E-state index contributed by atoms with van der Waals surface area (Å²) in [6.07, 6.45) is 3.86. The molecule has 1 aromatic heterocycles. The van der Waals surface area contributed by atoms with E-state index in [4.69, 9.17) is 0 Å². The highest BCUT2D eigenvalue weighted by molar-refractivity contribution is 7.07. The quantitative estimate of drug-likeness (QED) is 0.800. The van der Waals surface area contributed by atoms with Gasteiger partial charge in [0.05, 0.1) is 6.04 Å². The van der Waals surface area contributed by atoms with Crippen molar-refractivity contribution in [3.05, 3.63) is 46.7 Å². The minimum absolute atomic E-state index is 0.169. The summed E-state index contributed by atoms with van der Waals surface area (Å²) in [5.41, 5.74) is 3.28. The Balaban J connectivity index is 1.51. The fourth-order valence-electron chi connectivity index (χ4n) is 3.34. The molecular weight excluding hydrogens is 344 g/mol. The van der Waals surface area contributed by atoms with Gasteiger partial charge in [-0.15, -0.1) is 0 Å². The molecule has 1 aliphatic rings. The molecule has 1 aliphatic heterocycles. The summed E-state index contributed by atoms with van der Waals surface area (Å²) in [6, 6.07) is 10.3. The molecule has 1 unspecified atom stereocenters. The van der Waals surface area contributed by atoms with Crippen LogP contribution in [0.2, 0.25) is 0 Å². The summed E-state index contributed by atoms with van der Waals surface area (Å²) in [7, 11) is 4.06. The van der Waals surface area contributed by atoms with Crippen LogP contribution in [0.4, 0.5) is 16.2 Å². The smallest absolute Gasteiger partial charge is 0.319 e. The molecule has 1 atom stereocenters. The molecule has 2 aromatic rings. The van der Waals surface area contributed by atoms with Gasteiger partial charge in [-0.3, -0.25) is 0 Å². The minimum Gasteiger partial charge on any atom is -0.372 e. The van der Waals surface area contributed by atoms with Crippen molar-refractivity contribution < 1.29 is 4.79 Å². The van der Waals surface area contributed by atoms with Crippen LogP contribution in [0.5, 0.6) is 0 Å². The van der Waals surface area contributed by atoms with Crippen LogP contribution in [0.1, 0.15) is 30.9 Å². The number of piperidine rings is 1. The molecule has 3 rings (SSSR count). The third-order valence-corrected chi connectivity index (χ3v) is 5.56. The number of carbonyl (C=O) groups is 1. The van der Waals surface area contributed by atoms with E-state index in [0.29, 0.717) is 6.54 Å². The molecule has 1 aromatic carbocycles. The molecule has 26 heavy (non-hydrogen) atoms. The molecule has 2 amide bonds. The maximum atomic E-state index is 12.2. The summed E-state index contributed by atoms with van der Waals surface area (Å²) in [6.45, 7) is 2.82. The minimum atomic E-state index is -0.169. The second-order valence-corrected chi connectivity index (χ2v) is 7.75. The molecule has 140 valence electrons. The highest BCUT2D eigenvalue weighted by Crippen LogP contribution is 2.22. The van der Waals surface area contributed by atoms with Gasteiger partial charge in [0.2, 0.25) is 0 Å². The number of amides is 2. The Morgan fingerprint density at radius 2 is 1.88 bits per heavy atom. The summed E-state index contributed by atoms with van der Waals surface area (Å²) >= 11 is 1.68. The number of carbonyl (C=O) groups excluding carboxylic acids is 1. The zero-order valence-electron chi connectivity index (χ0n) is 15.6. The maximum absolute atomic E-state index is 12.2. The second kappa shape index (κ2) is 9.05. The molecule has 2 heterocycles. The van der Waals surface area contributed by atoms with Crippen LogP contribution >= 0.6 is 11.3 Å². The number of anilines is 2. The van der Waals surface area contributed by atoms with E-state index < -0.39 is 0 Å². The topological polar surface area (TPSA) is 47.6 Å². The summed E-state index contributed by atoms with van der Waals surface area (Å²) < 4.78 is 0. The Morgan fingerprint density at radius 3 is 2.50 bits per heavy atom. The Labute approximate surface area is 160 Å². The van der Waals surface area contributed by atoms with Gasteiger partial charge in [-0.2, -0.15) is 11.3 Å². The number of nitrogens with zero attached hydrogens (tertiary/aromatic N) is 2.